The lowest BCUT2D eigenvalue weighted by molar-refractivity contribution is -0.143. The summed E-state index contributed by atoms with van der Waals surface area (Å²) >= 11 is 0. The van der Waals surface area contributed by atoms with Crippen molar-refractivity contribution < 1.29 is 19.5 Å². The van der Waals surface area contributed by atoms with Gasteiger partial charge in [0.2, 0.25) is 11.8 Å². The van der Waals surface area contributed by atoms with Gasteiger partial charge < -0.3 is 15.3 Å². The number of aliphatic carboxylic acids is 1. The summed E-state index contributed by atoms with van der Waals surface area (Å²) < 4.78 is 0. The molecule has 1 saturated carbocycles. The van der Waals surface area contributed by atoms with Crippen molar-refractivity contribution in [2.75, 3.05) is 6.54 Å². The van der Waals surface area contributed by atoms with E-state index in [0.29, 0.717) is 38.8 Å². The van der Waals surface area contributed by atoms with Crippen molar-refractivity contribution >= 4 is 17.8 Å². The van der Waals surface area contributed by atoms with Crippen LogP contribution in [0.15, 0.2) is 30.3 Å². The first-order chi connectivity index (χ1) is 12.0. The summed E-state index contributed by atoms with van der Waals surface area (Å²) in [5.74, 6) is -1.42. The minimum Gasteiger partial charge on any atom is -0.481 e. The molecule has 134 valence electrons. The van der Waals surface area contributed by atoms with E-state index < -0.39 is 5.97 Å². The van der Waals surface area contributed by atoms with Gasteiger partial charge in [0.15, 0.2) is 0 Å². The number of benzene rings is 1. The fraction of sp³-hybridized carbons (Fsp3) is 0.526. The van der Waals surface area contributed by atoms with Crippen molar-refractivity contribution in [2.24, 2.45) is 11.8 Å². The first-order valence-corrected chi connectivity index (χ1v) is 8.88. The third-order valence-electron chi connectivity index (χ3n) is 5.22. The Morgan fingerprint density at radius 2 is 1.76 bits per heavy atom. The molecule has 0 spiro atoms. The molecule has 1 aliphatic carbocycles. The number of carboxylic acid groups (broad SMARTS) is 1. The molecule has 1 aromatic rings. The second-order valence-corrected chi connectivity index (χ2v) is 7.06. The molecule has 1 heterocycles. The highest BCUT2D eigenvalue weighted by Gasteiger charge is 2.35. The number of nitrogens with zero attached hydrogens (tertiary/aromatic N) is 1. The summed E-state index contributed by atoms with van der Waals surface area (Å²) in [5, 5.41) is 12.0. The van der Waals surface area contributed by atoms with Gasteiger partial charge in [0.1, 0.15) is 0 Å². The summed E-state index contributed by atoms with van der Waals surface area (Å²) in [5.41, 5.74) is 1.06. The van der Waals surface area contributed by atoms with E-state index in [9.17, 15) is 14.4 Å². The average Bonchev–Trinajstić information content (AvgIpc) is 2.97. The van der Waals surface area contributed by atoms with Crippen LogP contribution in [0.3, 0.4) is 0 Å². The van der Waals surface area contributed by atoms with Crippen molar-refractivity contribution in [1.82, 2.24) is 10.2 Å². The number of carbonyl (C=O) groups is 3. The maximum atomic E-state index is 12.5. The molecule has 0 bridgehead atoms. The zero-order chi connectivity index (χ0) is 17.8. The molecule has 0 radical (unpaired) electrons. The van der Waals surface area contributed by atoms with Crippen LogP contribution < -0.4 is 5.32 Å². The quantitative estimate of drug-likeness (QED) is 0.853. The van der Waals surface area contributed by atoms with Crippen molar-refractivity contribution in [2.45, 2.75) is 44.7 Å². The molecule has 2 aliphatic rings. The SMILES string of the molecule is O=C(O)C1CCC(NC(=O)[C@@H]2CC(=O)N(Cc3ccccc3)C2)CC1. The Bertz CT molecular complexity index is 638. The summed E-state index contributed by atoms with van der Waals surface area (Å²) in [4.78, 5) is 37.4. The highest BCUT2D eigenvalue weighted by molar-refractivity contribution is 5.89. The van der Waals surface area contributed by atoms with Gasteiger partial charge in [-0.2, -0.15) is 0 Å². The minimum atomic E-state index is -0.747. The maximum Gasteiger partial charge on any atom is 0.306 e. The lowest BCUT2D eigenvalue weighted by Gasteiger charge is -2.27. The number of hydrogen-bond acceptors (Lipinski definition) is 3. The average molecular weight is 344 g/mol. The number of hydrogen-bond donors (Lipinski definition) is 2. The molecular formula is C19H24N2O4. The Labute approximate surface area is 147 Å². The van der Waals surface area contributed by atoms with E-state index in [0.717, 1.165) is 5.56 Å². The topological polar surface area (TPSA) is 86.7 Å². The molecule has 1 atom stereocenters. The van der Waals surface area contributed by atoms with E-state index in [4.69, 9.17) is 5.11 Å². The number of carbonyl (C=O) groups excluding carboxylic acids is 2. The molecule has 6 nitrogen and oxygen atoms in total. The molecule has 3 rings (SSSR count). The summed E-state index contributed by atoms with van der Waals surface area (Å²) in [6, 6.07) is 9.79. The van der Waals surface area contributed by atoms with E-state index >= 15 is 0 Å². The van der Waals surface area contributed by atoms with Crippen molar-refractivity contribution in [3.8, 4) is 0 Å². The molecule has 0 aromatic heterocycles. The molecule has 2 N–H and O–H groups in total. The predicted octanol–water partition coefficient (Wildman–Crippen LogP) is 1.79. The van der Waals surface area contributed by atoms with Gasteiger partial charge in [0.25, 0.3) is 0 Å². The minimum absolute atomic E-state index is 0.0126. The summed E-state index contributed by atoms with van der Waals surface area (Å²) in [6.07, 6.45) is 2.84. The van der Waals surface area contributed by atoms with Crippen LogP contribution in [0, 0.1) is 11.8 Å². The molecule has 1 saturated heterocycles. The second kappa shape index (κ2) is 7.68. The van der Waals surface area contributed by atoms with E-state index in [1.807, 2.05) is 30.3 Å². The Morgan fingerprint density at radius 3 is 2.40 bits per heavy atom. The zero-order valence-electron chi connectivity index (χ0n) is 14.2. The number of rotatable bonds is 5. The highest BCUT2D eigenvalue weighted by atomic mass is 16.4. The second-order valence-electron chi connectivity index (χ2n) is 7.06. The van der Waals surface area contributed by atoms with Crippen LogP contribution in [0.4, 0.5) is 0 Å². The number of amides is 2. The monoisotopic (exact) mass is 344 g/mol. The van der Waals surface area contributed by atoms with Crippen molar-refractivity contribution in [3.05, 3.63) is 35.9 Å². The Kier molecular flexibility index (Phi) is 5.36. The third-order valence-corrected chi connectivity index (χ3v) is 5.22. The van der Waals surface area contributed by atoms with Crippen molar-refractivity contribution in [1.29, 1.82) is 0 Å². The lowest BCUT2D eigenvalue weighted by atomic mass is 9.86. The lowest BCUT2D eigenvalue weighted by Crippen LogP contribution is -2.42. The first kappa shape index (κ1) is 17.5. The Morgan fingerprint density at radius 1 is 1.08 bits per heavy atom. The van der Waals surface area contributed by atoms with E-state index in [1.54, 1.807) is 4.90 Å². The molecule has 2 amide bonds. The van der Waals surface area contributed by atoms with Crippen LogP contribution in [0.5, 0.6) is 0 Å². The number of nitrogens with one attached hydrogen (secondary N) is 1. The maximum absolute atomic E-state index is 12.5. The normalized spacial score (nSPS) is 26.5. The fourth-order valence-corrected chi connectivity index (χ4v) is 3.71. The predicted molar refractivity (Wildman–Crippen MR) is 91.5 cm³/mol. The third kappa shape index (κ3) is 4.38. The standard InChI is InChI=1S/C19H24N2O4/c22-17-10-15(12-21(17)11-13-4-2-1-3-5-13)18(23)20-16-8-6-14(7-9-16)19(24)25/h1-5,14-16H,6-12H2,(H,20,23)(H,24,25)/t14?,15-,16?/m1/s1. The number of likely N-dealkylation sites (tertiary alicyclic amines) is 1. The zero-order valence-corrected chi connectivity index (χ0v) is 14.2. The van der Waals surface area contributed by atoms with E-state index in [-0.39, 0.29) is 36.1 Å². The molecule has 2 fully saturated rings. The molecule has 0 unspecified atom stereocenters. The van der Waals surface area contributed by atoms with Gasteiger partial charge in [0.05, 0.1) is 11.8 Å². The van der Waals surface area contributed by atoms with Gasteiger partial charge in [0, 0.05) is 25.6 Å². The van der Waals surface area contributed by atoms with Gasteiger partial charge in [-0.15, -0.1) is 0 Å². The molecule has 1 aromatic carbocycles. The molecule has 1 aliphatic heterocycles. The summed E-state index contributed by atoms with van der Waals surface area (Å²) in [7, 11) is 0. The van der Waals surface area contributed by atoms with Crippen LogP contribution in [0.2, 0.25) is 0 Å². The van der Waals surface area contributed by atoms with Crippen molar-refractivity contribution in [3.63, 3.8) is 0 Å². The van der Waals surface area contributed by atoms with Crippen LogP contribution in [-0.4, -0.2) is 40.4 Å². The first-order valence-electron chi connectivity index (χ1n) is 8.88. The molecule has 6 heteroatoms. The number of carboxylic acids is 1. The van der Waals surface area contributed by atoms with E-state index in [2.05, 4.69) is 5.32 Å². The molecule has 25 heavy (non-hydrogen) atoms. The van der Waals surface area contributed by atoms with E-state index in [1.165, 1.54) is 0 Å². The van der Waals surface area contributed by atoms with Gasteiger partial charge in [-0.3, -0.25) is 14.4 Å². The largest absolute Gasteiger partial charge is 0.481 e. The van der Waals surface area contributed by atoms with Gasteiger partial charge in [-0.1, -0.05) is 30.3 Å². The summed E-state index contributed by atoms with van der Waals surface area (Å²) in [6.45, 7) is 0.983. The Balaban J connectivity index is 1.49. The Hall–Kier alpha value is -2.37. The smallest absolute Gasteiger partial charge is 0.306 e. The van der Waals surface area contributed by atoms with Gasteiger partial charge in [-0.25, -0.2) is 0 Å². The molecular weight excluding hydrogens is 320 g/mol. The van der Waals surface area contributed by atoms with Crippen LogP contribution in [-0.2, 0) is 20.9 Å². The van der Waals surface area contributed by atoms with Crippen LogP contribution in [0.1, 0.15) is 37.7 Å². The van der Waals surface area contributed by atoms with Crippen LogP contribution in [0.25, 0.3) is 0 Å². The van der Waals surface area contributed by atoms with Crippen LogP contribution >= 0.6 is 0 Å². The van der Waals surface area contributed by atoms with Gasteiger partial charge in [-0.05, 0) is 31.2 Å². The fourth-order valence-electron chi connectivity index (χ4n) is 3.71. The van der Waals surface area contributed by atoms with Gasteiger partial charge >= 0.3 is 5.97 Å². The highest BCUT2D eigenvalue weighted by Crippen LogP contribution is 2.26.